The number of esters is 1. The minimum atomic E-state index is -3.48. The number of fused-ring (bicyclic) bond motifs is 1. The van der Waals surface area contributed by atoms with E-state index in [2.05, 4.69) is 4.74 Å². The fourth-order valence-electron chi connectivity index (χ4n) is 3.30. The highest BCUT2D eigenvalue weighted by atomic mass is 31.2. The molecule has 3 aromatic rings. The molecule has 0 bridgehead atoms. The Morgan fingerprint density at radius 1 is 0.914 bits per heavy atom. The van der Waals surface area contributed by atoms with Gasteiger partial charge in [0, 0.05) is 0 Å². The molecule has 0 saturated carbocycles. The first-order valence-corrected chi connectivity index (χ1v) is 11.9. The van der Waals surface area contributed by atoms with E-state index in [1.807, 2.05) is 6.07 Å². The summed E-state index contributed by atoms with van der Waals surface area (Å²) >= 11 is 0. The molecule has 0 aliphatic carbocycles. The summed E-state index contributed by atoms with van der Waals surface area (Å²) in [4.78, 5) is 12.5. The summed E-state index contributed by atoms with van der Waals surface area (Å²) in [6, 6.07) is 8.71. The molecular weight excluding hydrogens is 496 g/mol. The van der Waals surface area contributed by atoms with Crippen LogP contribution in [-0.2, 0) is 19.8 Å². The summed E-state index contributed by atoms with van der Waals surface area (Å²) in [6.07, 6.45) is -0.119. The van der Waals surface area contributed by atoms with Crippen molar-refractivity contribution in [3.63, 3.8) is 0 Å². The summed E-state index contributed by atoms with van der Waals surface area (Å²) in [5.41, 5.74) is 0.0426. The van der Waals surface area contributed by atoms with Crippen molar-refractivity contribution in [3.8, 4) is 11.8 Å². The second-order valence-corrected chi connectivity index (χ2v) is 9.14. The Bertz CT molecular complexity index is 1370. The van der Waals surface area contributed by atoms with Gasteiger partial charge in [-0.1, -0.05) is 18.2 Å². The molecule has 0 amide bonds. The van der Waals surface area contributed by atoms with Gasteiger partial charge in [0.2, 0.25) is 34.8 Å². The second-order valence-electron chi connectivity index (χ2n) is 7.08. The highest BCUT2D eigenvalue weighted by Crippen LogP contribution is 2.51. The first-order chi connectivity index (χ1) is 16.5. The molecule has 184 valence electrons. The average molecular weight is 513 g/mol. The standard InChI is InChI=1S/C23H17F5NO5P/c1-3-32-35(31,33-4-2)11-12-5-6-16-13(7-12)8-14(9-15(16)10-29)23(30)34-22-20(27)18(25)17(24)19(26)21(22)28/h5-9H,3-4,11H2,1-2H3. The van der Waals surface area contributed by atoms with Gasteiger partial charge in [-0.2, -0.15) is 14.0 Å². The minimum Gasteiger partial charge on any atom is -0.416 e. The van der Waals surface area contributed by atoms with Crippen molar-refractivity contribution in [1.29, 1.82) is 5.26 Å². The number of carbonyl (C=O) groups excluding carboxylic acids is 1. The van der Waals surface area contributed by atoms with Crippen molar-refractivity contribution in [1.82, 2.24) is 0 Å². The third-order valence-electron chi connectivity index (χ3n) is 4.77. The highest BCUT2D eigenvalue weighted by Gasteiger charge is 2.29. The Morgan fingerprint density at radius 3 is 2.03 bits per heavy atom. The van der Waals surface area contributed by atoms with Crippen LogP contribution in [0.1, 0.15) is 35.3 Å². The molecule has 0 aliphatic rings. The Kier molecular flexibility index (Phi) is 7.90. The predicted octanol–water partition coefficient (Wildman–Crippen LogP) is 6.39. The summed E-state index contributed by atoms with van der Waals surface area (Å²) in [7, 11) is -3.48. The zero-order valence-corrected chi connectivity index (χ0v) is 19.2. The van der Waals surface area contributed by atoms with Gasteiger partial charge in [-0.3, -0.25) is 4.57 Å². The lowest BCUT2D eigenvalue weighted by Gasteiger charge is -2.17. The van der Waals surface area contributed by atoms with Crippen LogP contribution in [0.5, 0.6) is 5.75 Å². The Morgan fingerprint density at radius 2 is 1.49 bits per heavy atom. The Hall–Kier alpha value is -3.32. The average Bonchev–Trinajstić information content (AvgIpc) is 2.83. The number of carbonyl (C=O) groups is 1. The lowest BCUT2D eigenvalue weighted by Crippen LogP contribution is -2.14. The zero-order valence-electron chi connectivity index (χ0n) is 18.3. The second kappa shape index (κ2) is 10.5. The lowest BCUT2D eigenvalue weighted by atomic mass is 10.00. The van der Waals surface area contributed by atoms with Crippen molar-refractivity contribution < 1.29 is 45.1 Å². The van der Waals surface area contributed by atoms with Crippen LogP contribution in [0.4, 0.5) is 22.0 Å². The van der Waals surface area contributed by atoms with Crippen molar-refractivity contribution in [3.05, 3.63) is 76.1 Å². The van der Waals surface area contributed by atoms with Crippen LogP contribution in [0.2, 0.25) is 0 Å². The van der Waals surface area contributed by atoms with Crippen molar-refractivity contribution >= 4 is 24.3 Å². The number of nitriles is 1. The summed E-state index contributed by atoms with van der Waals surface area (Å²) in [6.45, 7) is 3.57. The highest BCUT2D eigenvalue weighted by molar-refractivity contribution is 7.53. The molecule has 0 radical (unpaired) electrons. The number of hydrogen-bond acceptors (Lipinski definition) is 6. The van der Waals surface area contributed by atoms with Crippen LogP contribution in [0, 0.1) is 40.4 Å². The van der Waals surface area contributed by atoms with Gasteiger partial charge >= 0.3 is 13.6 Å². The molecule has 0 unspecified atom stereocenters. The van der Waals surface area contributed by atoms with E-state index in [0.29, 0.717) is 10.9 Å². The predicted molar refractivity (Wildman–Crippen MR) is 114 cm³/mol. The maximum absolute atomic E-state index is 13.9. The lowest BCUT2D eigenvalue weighted by molar-refractivity contribution is 0.0716. The maximum Gasteiger partial charge on any atom is 0.343 e. The largest absolute Gasteiger partial charge is 0.416 e. The van der Waals surface area contributed by atoms with Crippen LogP contribution in [0.15, 0.2) is 30.3 Å². The molecule has 0 N–H and O–H groups in total. The number of nitrogens with zero attached hydrogens (tertiary/aromatic N) is 1. The quantitative estimate of drug-likeness (QED) is 0.0867. The molecule has 0 aromatic heterocycles. The molecule has 3 aromatic carbocycles. The number of hydrogen-bond donors (Lipinski definition) is 0. The molecule has 12 heteroatoms. The maximum atomic E-state index is 13.9. The fourth-order valence-corrected chi connectivity index (χ4v) is 4.99. The van der Waals surface area contributed by atoms with Gasteiger partial charge in [0.1, 0.15) is 0 Å². The Labute approximate surface area is 196 Å². The molecule has 0 atom stereocenters. The van der Waals surface area contributed by atoms with Gasteiger partial charge in [-0.05, 0) is 42.3 Å². The smallest absolute Gasteiger partial charge is 0.343 e. The fraction of sp³-hybridized carbons (Fsp3) is 0.217. The molecule has 3 rings (SSSR count). The van der Waals surface area contributed by atoms with Crippen LogP contribution in [0.25, 0.3) is 10.8 Å². The monoisotopic (exact) mass is 513 g/mol. The van der Waals surface area contributed by atoms with E-state index in [1.165, 1.54) is 18.2 Å². The van der Waals surface area contributed by atoms with E-state index in [9.17, 15) is 36.6 Å². The SMILES string of the molecule is CCOP(=O)(Cc1ccc2c(C#N)cc(C(=O)Oc3c(F)c(F)c(F)c(F)c3F)cc2c1)OCC. The van der Waals surface area contributed by atoms with Crippen LogP contribution < -0.4 is 4.74 Å². The normalized spacial score (nSPS) is 11.5. The van der Waals surface area contributed by atoms with E-state index >= 15 is 0 Å². The van der Waals surface area contributed by atoms with Gasteiger partial charge in [0.05, 0.1) is 36.6 Å². The first-order valence-electron chi connectivity index (χ1n) is 10.1. The molecule has 0 spiro atoms. The van der Waals surface area contributed by atoms with Gasteiger partial charge in [-0.15, -0.1) is 0 Å². The number of halogens is 5. The third-order valence-corrected chi connectivity index (χ3v) is 6.82. The molecular formula is C23H17F5NO5P. The van der Waals surface area contributed by atoms with Crippen molar-refractivity contribution in [2.24, 2.45) is 0 Å². The summed E-state index contributed by atoms with van der Waals surface area (Å²) in [5.74, 6) is -14.8. The summed E-state index contributed by atoms with van der Waals surface area (Å²) < 4.78 is 95.8. The first kappa shape index (κ1) is 26.3. The molecule has 0 saturated heterocycles. The molecule has 0 heterocycles. The number of ether oxygens (including phenoxy) is 1. The minimum absolute atomic E-state index is 0.0313. The van der Waals surface area contributed by atoms with Crippen molar-refractivity contribution in [2.75, 3.05) is 13.2 Å². The van der Waals surface area contributed by atoms with Gasteiger partial charge in [0.15, 0.2) is 0 Å². The number of rotatable bonds is 8. The zero-order chi connectivity index (χ0) is 25.9. The van der Waals surface area contributed by atoms with Crippen LogP contribution in [-0.4, -0.2) is 19.2 Å². The third kappa shape index (κ3) is 5.35. The van der Waals surface area contributed by atoms with Crippen LogP contribution in [0.3, 0.4) is 0 Å². The molecule has 0 fully saturated rings. The van der Waals surface area contributed by atoms with Gasteiger partial charge < -0.3 is 13.8 Å². The Balaban J connectivity index is 2.03. The van der Waals surface area contributed by atoms with Crippen molar-refractivity contribution in [2.45, 2.75) is 20.0 Å². The van der Waals surface area contributed by atoms with Crippen LogP contribution >= 0.6 is 7.60 Å². The van der Waals surface area contributed by atoms with Gasteiger partial charge in [-0.25, -0.2) is 18.0 Å². The van der Waals surface area contributed by atoms with Gasteiger partial charge in [0.25, 0.3) is 0 Å². The molecule has 6 nitrogen and oxygen atoms in total. The molecule has 0 aliphatic heterocycles. The van der Waals surface area contributed by atoms with E-state index < -0.39 is 54.0 Å². The summed E-state index contributed by atoms with van der Waals surface area (Å²) in [5, 5.41) is 10.1. The van der Waals surface area contributed by atoms with E-state index in [0.717, 1.165) is 6.07 Å². The molecule has 35 heavy (non-hydrogen) atoms. The van der Waals surface area contributed by atoms with E-state index in [4.69, 9.17) is 9.05 Å². The number of benzene rings is 3. The topological polar surface area (TPSA) is 85.6 Å². The van der Waals surface area contributed by atoms with E-state index in [1.54, 1.807) is 19.9 Å². The van der Waals surface area contributed by atoms with E-state index in [-0.39, 0.29) is 30.3 Å².